The smallest absolute Gasteiger partial charge is 0.244 e. The van der Waals surface area contributed by atoms with Crippen LogP contribution in [0.4, 0.5) is 0 Å². The molecular weight excluding hydrogens is 260 g/mol. The minimum atomic E-state index is 0. The van der Waals surface area contributed by atoms with Gasteiger partial charge in [-0.15, -0.1) is 12.4 Å². The summed E-state index contributed by atoms with van der Waals surface area (Å²) in [6, 6.07) is 11.3. The average Bonchev–Trinajstić information content (AvgIpc) is 3.00. The van der Waals surface area contributed by atoms with Gasteiger partial charge in [-0.1, -0.05) is 30.3 Å². The topological polar surface area (TPSA) is 41.1 Å². The molecule has 0 saturated carbocycles. The number of carbonyl (C=O) groups excluding carboxylic acids is 1. The summed E-state index contributed by atoms with van der Waals surface area (Å²) in [5.41, 5.74) is 1.05. The summed E-state index contributed by atoms with van der Waals surface area (Å²) in [6.45, 7) is 0. The molecule has 2 aliphatic heterocycles. The number of hydrogen-bond acceptors (Lipinski definition) is 2. The summed E-state index contributed by atoms with van der Waals surface area (Å²) >= 11 is 0. The molecule has 3 nitrogen and oxygen atoms in total. The molecule has 4 heteroatoms. The van der Waals surface area contributed by atoms with E-state index in [1.165, 1.54) is 12.8 Å². The minimum Gasteiger partial charge on any atom is -0.348 e. The number of carbonyl (C=O) groups is 1. The van der Waals surface area contributed by atoms with Crippen LogP contribution < -0.4 is 10.6 Å². The van der Waals surface area contributed by atoms with E-state index < -0.39 is 0 Å². The second-order valence-corrected chi connectivity index (χ2v) is 5.14. The first-order chi connectivity index (χ1) is 8.81. The van der Waals surface area contributed by atoms with Crippen LogP contribution in [0.5, 0.6) is 0 Å². The van der Waals surface area contributed by atoms with Gasteiger partial charge in [0.15, 0.2) is 0 Å². The number of nitrogens with one attached hydrogen (secondary N) is 2. The highest BCUT2D eigenvalue weighted by Gasteiger charge is 2.39. The molecule has 0 unspecified atom stereocenters. The van der Waals surface area contributed by atoms with Gasteiger partial charge in [-0.3, -0.25) is 4.79 Å². The highest BCUT2D eigenvalue weighted by molar-refractivity contribution is 5.92. The molecule has 19 heavy (non-hydrogen) atoms. The third kappa shape index (κ3) is 3.37. The first-order valence-electron chi connectivity index (χ1n) is 6.61. The second kappa shape index (κ2) is 6.22. The summed E-state index contributed by atoms with van der Waals surface area (Å²) in [4.78, 5) is 11.8. The van der Waals surface area contributed by atoms with Crippen molar-refractivity contribution in [2.45, 2.75) is 37.4 Å². The van der Waals surface area contributed by atoms with Crippen LogP contribution in [0.25, 0.3) is 6.08 Å². The quantitative estimate of drug-likeness (QED) is 0.832. The number of halogens is 1. The highest BCUT2D eigenvalue weighted by atomic mass is 35.5. The average molecular weight is 279 g/mol. The zero-order valence-corrected chi connectivity index (χ0v) is 11.5. The molecule has 2 N–H and O–H groups in total. The van der Waals surface area contributed by atoms with Gasteiger partial charge >= 0.3 is 0 Å². The van der Waals surface area contributed by atoms with Crippen molar-refractivity contribution in [1.82, 2.24) is 10.6 Å². The molecule has 0 aliphatic carbocycles. The van der Waals surface area contributed by atoms with E-state index in [9.17, 15) is 4.79 Å². The van der Waals surface area contributed by atoms with E-state index in [1.807, 2.05) is 36.4 Å². The van der Waals surface area contributed by atoms with Gasteiger partial charge in [-0.2, -0.15) is 0 Å². The van der Waals surface area contributed by atoms with E-state index in [0.717, 1.165) is 12.0 Å². The normalized spacial score (nSPS) is 28.3. The van der Waals surface area contributed by atoms with Crippen molar-refractivity contribution >= 4 is 24.4 Å². The van der Waals surface area contributed by atoms with E-state index in [0.29, 0.717) is 18.1 Å². The van der Waals surface area contributed by atoms with E-state index in [1.54, 1.807) is 6.08 Å². The van der Waals surface area contributed by atoms with Crippen molar-refractivity contribution in [2.75, 3.05) is 0 Å². The minimum absolute atomic E-state index is 0. The largest absolute Gasteiger partial charge is 0.348 e. The number of amides is 1. The Bertz CT molecular complexity index is 460. The van der Waals surface area contributed by atoms with E-state index in [-0.39, 0.29) is 18.3 Å². The van der Waals surface area contributed by atoms with Crippen molar-refractivity contribution in [3.8, 4) is 0 Å². The lowest BCUT2D eigenvalue weighted by Gasteiger charge is -2.20. The summed E-state index contributed by atoms with van der Waals surface area (Å²) < 4.78 is 0. The van der Waals surface area contributed by atoms with Crippen LogP contribution in [0.2, 0.25) is 0 Å². The summed E-state index contributed by atoms with van der Waals surface area (Å²) in [5, 5.41) is 6.61. The molecule has 102 valence electrons. The van der Waals surface area contributed by atoms with Crippen molar-refractivity contribution in [2.24, 2.45) is 0 Å². The predicted octanol–water partition coefficient (Wildman–Crippen LogP) is 2.13. The van der Waals surface area contributed by atoms with Crippen molar-refractivity contribution < 1.29 is 4.79 Å². The third-order valence-corrected chi connectivity index (χ3v) is 3.85. The fourth-order valence-corrected chi connectivity index (χ4v) is 2.95. The molecule has 2 heterocycles. The molecule has 0 radical (unpaired) electrons. The first kappa shape index (κ1) is 14.1. The monoisotopic (exact) mass is 278 g/mol. The number of hydrogen-bond donors (Lipinski definition) is 2. The van der Waals surface area contributed by atoms with Gasteiger partial charge in [0.2, 0.25) is 5.91 Å². The molecule has 1 aromatic rings. The zero-order chi connectivity index (χ0) is 12.4. The van der Waals surface area contributed by atoms with E-state index in [2.05, 4.69) is 10.6 Å². The van der Waals surface area contributed by atoms with Crippen LogP contribution in [-0.4, -0.2) is 24.0 Å². The summed E-state index contributed by atoms with van der Waals surface area (Å²) in [7, 11) is 0. The Morgan fingerprint density at radius 2 is 2.05 bits per heavy atom. The fraction of sp³-hybridized carbons (Fsp3) is 0.400. The Morgan fingerprint density at radius 1 is 1.26 bits per heavy atom. The standard InChI is InChI=1S/C15H18N2O.ClH/c18-15(9-6-11-4-2-1-3-5-11)17-14-10-12-7-8-13(14)16-12;/h1-6,9,12-14,16H,7-8,10H2,(H,17,18);1H/b9-6+;/t12-,13+,14+;/m1./s1. The fourth-order valence-electron chi connectivity index (χ4n) is 2.95. The zero-order valence-electron chi connectivity index (χ0n) is 10.7. The molecule has 2 aliphatic rings. The first-order valence-corrected chi connectivity index (χ1v) is 6.61. The number of rotatable bonds is 3. The molecular formula is C15H19ClN2O. The van der Waals surface area contributed by atoms with Crippen LogP contribution in [-0.2, 0) is 4.79 Å². The maximum atomic E-state index is 11.8. The molecule has 2 saturated heterocycles. The molecule has 0 spiro atoms. The van der Waals surface area contributed by atoms with Crippen LogP contribution >= 0.6 is 12.4 Å². The van der Waals surface area contributed by atoms with Gasteiger partial charge in [0.1, 0.15) is 0 Å². The second-order valence-electron chi connectivity index (χ2n) is 5.14. The summed E-state index contributed by atoms with van der Waals surface area (Å²) in [5.74, 6) is 0.0122. The van der Waals surface area contributed by atoms with Crippen LogP contribution in [0.3, 0.4) is 0 Å². The van der Waals surface area contributed by atoms with Crippen LogP contribution in [0.1, 0.15) is 24.8 Å². The molecule has 2 bridgehead atoms. The van der Waals surface area contributed by atoms with Crippen molar-refractivity contribution in [3.63, 3.8) is 0 Å². The Hall–Kier alpha value is -1.32. The Balaban J connectivity index is 0.00000133. The maximum Gasteiger partial charge on any atom is 0.244 e. The van der Waals surface area contributed by atoms with Gasteiger partial charge in [0.25, 0.3) is 0 Å². The third-order valence-electron chi connectivity index (χ3n) is 3.85. The Morgan fingerprint density at radius 3 is 2.68 bits per heavy atom. The summed E-state index contributed by atoms with van der Waals surface area (Å²) in [6.07, 6.45) is 7.02. The molecule has 3 atom stereocenters. The van der Waals surface area contributed by atoms with Gasteiger partial charge in [-0.05, 0) is 30.9 Å². The SMILES string of the molecule is Cl.O=C(/C=C/c1ccccc1)N[C@H]1C[C@H]2CC[C@@H]1N2. The Labute approximate surface area is 119 Å². The molecule has 1 amide bonds. The van der Waals surface area contributed by atoms with Gasteiger partial charge < -0.3 is 10.6 Å². The number of fused-ring (bicyclic) bond motifs is 2. The van der Waals surface area contributed by atoms with Gasteiger partial charge in [0.05, 0.1) is 0 Å². The Kier molecular flexibility index (Phi) is 4.61. The highest BCUT2D eigenvalue weighted by Crippen LogP contribution is 2.28. The van der Waals surface area contributed by atoms with Crippen LogP contribution in [0, 0.1) is 0 Å². The molecule has 1 aromatic carbocycles. The molecule has 3 rings (SSSR count). The molecule has 2 fully saturated rings. The van der Waals surface area contributed by atoms with E-state index >= 15 is 0 Å². The van der Waals surface area contributed by atoms with Crippen molar-refractivity contribution in [1.29, 1.82) is 0 Å². The maximum absolute atomic E-state index is 11.8. The molecule has 0 aromatic heterocycles. The van der Waals surface area contributed by atoms with E-state index in [4.69, 9.17) is 0 Å². The predicted molar refractivity (Wildman–Crippen MR) is 79.2 cm³/mol. The lowest BCUT2D eigenvalue weighted by molar-refractivity contribution is -0.117. The lowest BCUT2D eigenvalue weighted by Crippen LogP contribution is -2.42. The van der Waals surface area contributed by atoms with Gasteiger partial charge in [0, 0.05) is 24.2 Å². The van der Waals surface area contributed by atoms with Gasteiger partial charge in [-0.25, -0.2) is 0 Å². The number of benzene rings is 1. The van der Waals surface area contributed by atoms with Crippen LogP contribution in [0.15, 0.2) is 36.4 Å². The lowest BCUT2D eigenvalue weighted by atomic mass is 9.95. The van der Waals surface area contributed by atoms with Crippen molar-refractivity contribution in [3.05, 3.63) is 42.0 Å².